The van der Waals surface area contributed by atoms with E-state index >= 15 is 0 Å². The highest BCUT2D eigenvalue weighted by atomic mass is 19.2. The van der Waals surface area contributed by atoms with Gasteiger partial charge in [0.05, 0.1) is 39.8 Å². The van der Waals surface area contributed by atoms with Crippen LogP contribution in [0.25, 0.3) is 17.7 Å². The van der Waals surface area contributed by atoms with Crippen LogP contribution in [0, 0.1) is 29.1 Å². The standard InChI is InChI=1S/C25H11F5N4/c26-21-20(22(27)24(29)25(30)23(21)28)19-17-6-4-14(33-17)10-12-2-1-11(31-12)9-13-3-5-15(32-13)16-7-8-18(19)34-16/h1-10,31H. The maximum Gasteiger partial charge on any atom is 0.200 e. The fourth-order valence-electron chi connectivity index (χ4n) is 3.97. The third kappa shape index (κ3) is 3.08. The van der Waals surface area contributed by atoms with Crippen molar-refractivity contribution in [2.24, 2.45) is 15.0 Å². The van der Waals surface area contributed by atoms with Crippen LogP contribution in [-0.4, -0.2) is 22.1 Å². The monoisotopic (exact) mass is 462 g/mol. The zero-order chi connectivity index (χ0) is 23.6. The molecule has 0 saturated heterocycles. The van der Waals surface area contributed by atoms with E-state index < -0.39 is 34.6 Å². The zero-order valence-corrected chi connectivity index (χ0v) is 17.0. The molecular formula is C25H11F5N4. The minimum atomic E-state index is -2.23. The third-order valence-corrected chi connectivity index (χ3v) is 5.54. The second-order valence-electron chi connectivity index (χ2n) is 7.70. The van der Waals surface area contributed by atoms with Crippen LogP contribution in [0.5, 0.6) is 0 Å². The van der Waals surface area contributed by atoms with Crippen LogP contribution in [0.2, 0.25) is 0 Å². The van der Waals surface area contributed by atoms with E-state index in [-0.39, 0.29) is 17.0 Å². The molecule has 34 heavy (non-hydrogen) atoms. The molecule has 4 aliphatic rings. The van der Waals surface area contributed by atoms with E-state index in [2.05, 4.69) is 20.0 Å². The molecule has 166 valence electrons. The van der Waals surface area contributed by atoms with Gasteiger partial charge in [-0.3, -0.25) is 0 Å². The Hall–Kier alpha value is -4.40. The number of H-pyrrole nitrogens is 1. The van der Waals surface area contributed by atoms with Crippen molar-refractivity contribution in [2.45, 2.75) is 0 Å². The van der Waals surface area contributed by atoms with Gasteiger partial charge in [0.2, 0.25) is 5.82 Å². The molecule has 6 rings (SSSR count). The van der Waals surface area contributed by atoms with Gasteiger partial charge in [-0.25, -0.2) is 36.9 Å². The van der Waals surface area contributed by atoms with E-state index in [1.54, 1.807) is 30.4 Å². The molecule has 0 amide bonds. The van der Waals surface area contributed by atoms with Gasteiger partial charge in [0.15, 0.2) is 23.3 Å². The first-order valence-corrected chi connectivity index (χ1v) is 10.1. The molecule has 8 bridgehead atoms. The lowest BCUT2D eigenvalue weighted by molar-refractivity contribution is 0.376. The van der Waals surface area contributed by atoms with Crippen molar-refractivity contribution < 1.29 is 22.0 Å². The molecule has 0 atom stereocenters. The SMILES string of the molecule is Fc1c(F)c(F)c(C2=C3C=CC(=N3)C=c3ccc([nH]3)=CC3=NC(=C4C=CC2=N4)C=C3)c(F)c1F. The van der Waals surface area contributed by atoms with Crippen molar-refractivity contribution in [3.63, 3.8) is 0 Å². The van der Waals surface area contributed by atoms with Crippen LogP contribution in [0.3, 0.4) is 0 Å². The van der Waals surface area contributed by atoms with Crippen LogP contribution in [0.1, 0.15) is 5.56 Å². The molecule has 0 saturated carbocycles. The maximum atomic E-state index is 14.8. The highest BCUT2D eigenvalue weighted by Crippen LogP contribution is 2.35. The molecule has 2 aromatic rings. The average Bonchev–Trinajstić information content (AvgIpc) is 3.62. The fraction of sp³-hybridized carbons (Fsp3) is 0. The van der Waals surface area contributed by atoms with Crippen LogP contribution in [0.15, 0.2) is 80.7 Å². The van der Waals surface area contributed by atoms with Gasteiger partial charge in [-0.1, -0.05) is 0 Å². The zero-order valence-electron chi connectivity index (χ0n) is 17.0. The van der Waals surface area contributed by atoms with E-state index in [0.717, 1.165) is 5.35 Å². The van der Waals surface area contributed by atoms with Gasteiger partial charge in [0, 0.05) is 16.3 Å². The molecule has 4 nitrogen and oxygen atoms in total. The van der Waals surface area contributed by atoms with Crippen LogP contribution < -0.4 is 10.7 Å². The highest BCUT2D eigenvalue weighted by Gasteiger charge is 2.32. The van der Waals surface area contributed by atoms with Crippen LogP contribution in [-0.2, 0) is 0 Å². The lowest BCUT2D eigenvalue weighted by atomic mass is 9.97. The van der Waals surface area contributed by atoms with Crippen molar-refractivity contribution in [2.75, 3.05) is 0 Å². The molecule has 1 aromatic heterocycles. The summed E-state index contributed by atoms with van der Waals surface area (Å²) in [5.41, 5.74) is 0.506. The summed E-state index contributed by atoms with van der Waals surface area (Å²) in [5, 5.41) is 1.49. The lowest BCUT2D eigenvalue weighted by Crippen LogP contribution is -2.12. The summed E-state index contributed by atoms with van der Waals surface area (Å²) < 4.78 is 71.6. The predicted molar refractivity (Wildman–Crippen MR) is 119 cm³/mol. The Morgan fingerprint density at radius 2 is 1.03 bits per heavy atom. The molecule has 1 N–H and O–H groups in total. The smallest absolute Gasteiger partial charge is 0.200 e. The highest BCUT2D eigenvalue weighted by molar-refractivity contribution is 6.33. The molecule has 0 spiro atoms. The van der Waals surface area contributed by atoms with E-state index in [9.17, 15) is 22.0 Å². The Balaban J connectivity index is 1.70. The van der Waals surface area contributed by atoms with Crippen molar-refractivity contribution in [1.29, 1.82) is 0 Å². The lowest BCUT2D eigenvalue weighted by Gasteiger charge is -2.13. The van der Waals surface area contributed by atoms with Crippen LogP contribution in [0.4, 0.5) is 22.0 Å². The number of hydrogen-bond donors (Lipinski definition) is 1. The number of benzene rings is 1. The third-order valence-electron chi connectivity index (χ3n) is 5.54. The summed E-state index contributed by atoms with van der Waals surface area (Å²) in [6, 6.07) is 3.66. The predicted octanol–water partition coefficient (Wildman–Crippen LogP) is 3.94. The number of fused-ring (bicyclic) bond motifs is 5. The topological polar surface area (TPSA) is 52.9 Å². The van der Waals surface area contributed by atoms with Gasteiger partial charge < -0.3 is 4.98 Å². The summed E-state index contributed by atoms with van der Waals surface area (Å²) >= 11 is 0. The summed E-state index contributed by atoms with van der Waals surface area (Å²) in [7, 11) is 0. The molecule has 1 aromatic carbocycles. The number of allylic oxidation sites excluding steroid dienone is 7. The molecule has 0 unspecified atom stereocenters. The van der Waals surface area contributed by atoms with Crippen molar-refractivity contribution in [3.8, 4) is 0 Å². The van der Waals surface area contributed by atoms with E-state index in [1.807, 2.05) is 18.2 Å². The average molecular weight is 462 g/mol. The molecule has 5 heterocycles. The molecule has 0 radical (unpaired) electrons. The van der Waals surface area contributed by atoms with Crippen LogP contribution >= 0.6 is 0 Å². The number of nitrogens with zero attached hydrogens (tertiary/aromatic N) is 3. The quantitative estimate of drug-likeness (QED) is 0.379. The second-order valence-corrected chi connectivity index (χ2v) is 7.70. The molecule has 0 aliphatic carbocycles. The number of aliphatic imine (C=N–C) groups is 3. The summed E-state index contributed by atoms with van der Waals surface area (Å²) in [4.78, 5) is 16.4. The molecular weight excluding hydrogens is 451 g/mol. The van der Waals surface area contributed by atoms with Gasteiger partial charge in [-0.05, 0) is 60.7 Å². The van der Waals surface area contributed by atoms with E-state index in [4.69, 9.17) is 0 Å². The van der Waals surface area contributed by atoms with E-state index in [1.165, 1.54) is 12.2 Å². The number of halogens is 5. The van der Waals surface area contributed by atoms with Gasteiger partial charge >= 0.3 is 0 Å². The number of rotatable bonds is 1. The normalized spacial score (nSPS) is 18.0. The van der Waals surface area contributed by atoms with Gasteiger partial charge in [-0.2, -0.15) is 0 Å². The van der Waals surface area contributed by atoms with Crippen molar-refractivity contribution >= 4 is 34.9 Å². The first-order valence-electron chi connectivity index (χ1n) is 10.1. The Kier molecular flexibility index (Phi) is 4.35. The number of nitrogens with one attached hydrogen (secondary N) is 1. The minimum absolute atomic E-state index is 0.00322. The van der Waals surface area contributed by atoms with Gasteiger partial charge in [0.1, 0.15) is 0 Å². The molecule has 9 heteroatoms. The van der Waals surface area contributed by atoms with Gasteiger partial charge in [-0.15, -0.1) is 0 Å². The Morgan fingerprint density at radius 1 is 0.529 bits per heavy atom. The first-order chi connectivity index (χ1) is 16.4. The summed E-state index contributed by atoms with van der Waals surface area (Å²) in [6.07, 6.45) is 13.0. The summed E-state index contributed by atoms with van der Waals surface area (Å²) in [6.45, 7) is 0. The Bertz CT molecular complexity index is 1660. The number of aromatic amines is 1. The largest absolute Gasteiger partial charge is 0.355 e. The Labute approximate surface area is 188 Å². The van der Waals surface area contributed by atoms with Crippen molar-refractivity contribution in [1.82, 2.24) is 4.98 Å². The van der Waals surface area contributed by atoms with E-state index in [0.29, 0.717) is 28.2 Å². The van der Waals surface area contributed by atoms with Gasteiger partial charge in [0.25, 0.3) is 0 Å². The van der Waals surface area contributed by atoms with Crippen molar-refractivity contribution in [3.05, 3.63) is 111 Å². The number of hydrogen-bond acceptors (Lipinski definition) is 3. The first kappa shape index (κ1) is 20.2. The minimum Gasteiger partial charge on any atom is -0.355 e. The molecule has 0 fully saturated rings. The molecule has 4 aliphatic heterocycles. The fourth-order valence-corrected chi connectivity index (χ4v) is 3.97. The Morgan fingerprint density at radius 3 is 1.68 bits per heavy atom. The summed E-state index contributed by atoms with van der Waals surface area (Å²) in [5.74, 6) is -10.2. The number of aromatic nitrogens is 1. The maximum absolute atomic E-state index is 14.8. The second kappa shape index (κ2) is 7.31.